The number of aliphatic hydroxyl groups excluding tert-OH is 1. The Hall–Kier alpha value is -2.05. The van der Waals surface area contributed by atoms with E-state index in [-0.39, 0.29) is 35.1 Å². The maximum atomic E-state index is 11.8. The van der Waals surface area contributed by atoms with E-state index >= 15 is 0 Å². The number of aliphatic hydroxyl groups is 1. The maximum absolute atomic E-state index is 11.8. The van der Waals surface area contributed by atoms with Crippen molar-refractivity contribution in [3.63, 3.8) is 0 Å². The van der Waals surface area contributed by atoms with Crippen LogP contribution < -0.4 is 5.32 Å². The molecule has 0 bridgehead atoms. The lowest BCUT2D eigenvalue weighted by molar-refractivity contribution is -0.383. The maximum Gasteiger partial charge on any atom is 0.306 e. The number of hydrogen-bond donors (Lipinski definition) is 4. The SMILES string of the molecule is O=C(CCCCCNc1ccc([N+](=O)[O-])c2nonc12)OC(CS)C(O)CS. The van der Waals surface area contributed by atoms with Gasteiger partial charge < -0.3 is 15.2 Å². The Morgan fingerprint density at radius 1 is 1.25 bits per heavy atom. The molecule has 1 heterocycles. The molecule has 0 fully saturated rings. The second-order valence-electron chi connectivity index (χ2n) is 6.05. The highest BCUT2D eigenvalue weighted by molar-refractivity contribution is 7.80. The number of fused-ring (bicyclic) bond motifs is 1. The van der Waals surface area contributed by atoms with Crippen LogP contribution in [-0.4, -0.2) is 56.6 Å². The zero-order valence-electron chi connectivity index (χ0n) is 15.0. The average Bonchev–Trinajstić information content (AvgIpc) is 3.17. The van der Waals surface area contributed by atoms with E-state index in [9.17, 15) is 20.0 Å². The zero-order chi connectivity index (χ0) is 20.5. The number of rotatable bonds is 12. The fourth-order valence-corrected chi connectivity index (χ4v) is 3.07. The van der Waals surface area contributed by atoms with E-state index in [0.29, 0.717) is 24.2 Å². The van der Waals surface area contributed by atoms with E-state index < -0.39 is 17.1 Å². The van der Waals surface area contributed by atoms with Crippen LogP contribution in [0.3, 0.4) is 0 Å². The van der Waals surface area contributed by atoms with Crippen LogP contribution in [0.25, 0.3) is 11.0 Å². The molecule has 0 aliphatic rings. The molecule has 2 aromatic rings. The molecule has 2 rings (SSSR count). The Kier molecular flexibility index (Phi) is 8.80. The van der Waals surface area contributed by atoms with Crippen LogP contribution in [0.15, 0.2) is 16.8 Å². The number of carbonyl (C=O) groups excluding carboxylic acids is 1. The van der Waals surface area contributed by atoms with Crippen molar-refractivity contribution in [2.45, 2.75) is 37.9 Å². The summed E-state index contributed by atoms with van der Waals surface area (Å²) < 4.78 is 9.80. The monoisotopic (exact) mass is 430 g/mol. The molecule has 10 nitrogen and oxygen atoms in total. The van der Waals surface area contributed by atoms with Gasteiger partial charge in [-0.2, -0.15) is 25.3 Å². The number of benzene rings is 1. The number of nitrogens with zero attached hydrogens (tertiary/aromatic N) is 3. The summed E-state index contributed by atoms with van der Waals surface area (Å²) in [6.45, 7) is 0.590. The molecular formula is C16H22N4O6S2. The summed E-state index contributed by atoms with van der Waals surface area (Å²) in [5.74, 6) is 0.0534. The lowest BCUT2D eigenvalue weighted by atomic mass is 10.2. The van der Waals surface area contributed by atoms with Gasteiger partial charge in [-0.15, -0.1) is 0 Å². The normalized spacial score (nSPS) is 13.2. The van der Waals surface area contributed by atoms with Gasteiger partial charge in [0.15, 0.2) is 5.52 Å². The number of ether oxygens (including phenoxy) is 1. The molecule has 154 valence electrons. The Morgan fingerprint density at radius 3 is 2.68 bits per heavy atom. The number of nitrogens with one attached hydrogen (secondary N) is 1. The first kappa shape index (κ1) is 22.2. The van der Waals surface area contributed by atoms with Crippen molar-refractivity contribution in [1.82, 2.24) is 10.3 Å². The van der Waals surface area contributed by atoms with E-state index in [4.69, 9.17) is 4.74 Å². The first-order valence-electron chi connectivity index (χ1n) is 8.70. The number of nitro groups is 1. The number of anilines is 1. The number of unbranched alkanes of at least 4 members (excludes halogenated alkanes) is 2. The van der Waals surface area contributed by atoms with Crippen molar-refractivity contribution in [3.05, 3.63) is 22.2 Å². The molecule has 2 atom stereocenters. The number of non-ortho nitro benzene ring substituents is 1. The Labute approximate surface area is 171 Å². The van der Waals surface area contributed by atoms with Crippen LogP contribution in [0.1, 0.15) is 25.7 Å². The number of esters is 1. The Bertz CT molecular complexity index is 803. The molecule has 1 aromatic carbocycles. The predicted octanol–water partition coefficient (Wildman–Crippen LogP) is 2.24. The summed E-state index contributed by atoms with van der Waals surface area (Å²) in [6.07, 6.45) is 0.938. The van der Waals surface area contributed by atoms with Gasteiger partial charge in [-0.25, -0.2) is 4.63 Å². The number of nitro benzene ring substituents is 1. The minimum atomic E-state index is -0.835. The highest BCUT2D eigenvalue weighted by Gasteiger charge is 2.21. The second-order valence-corrected chi connectivity index (χ2v) is 6.78. The molecule has 0 spiro atoms. The smallest absolute Gasteiger partial charge is 0.306 e. The van der Waals surface area contributed by atoms with Gasteiger partial charge >= 0.3 is 11.7 Å². The van der Waals surface area contributed by atoms with Crippen LogP contribution in [0.5, 0.6) is 0 Å². The third-order valence-electron chi connectivity index (χ3n) is 4.04. The van der Waals surface area contributed by atoms with E-state index in [2.05, 4.69) is 45.5 Å². The van der Waals surface area contributed by atoms with Gasteiger partial charge in [0.1, 0.15) is 12.2 Å². The quantitative estimate of drug-likeness (QED) is 0.131. The lowest BCUT2D eigenvalue weighted by Gasteiger charge is -2.20. The largest absolute Gasteiger partial charge is 0.459 e. The standard InChI is InChI=1S/C16H22N4O6S2/c21-12(8-27)13(9-28)25-14(22)4-2-1-3-7-17-10-5-6-11(20(23)24)16-15(10)18-26-19-16/h5-6,12-13,17,21,27-28H,1-4,7-9H2. The molecule has 0 saturated heterocycles. The zero-order valence-corrected chi connectivity index (χ0v) is 16.8. The third kappa shape index (κ3) is 5.97. The average molecular weight is 431 g/mol. The third-order valence-corrected chi connectivity index (χ3v) is 4.78. The molecule has 2 N–H and O–H groups in total. The predicted molar refractivity (Wildman–Crippen MR) is 109 cm³/mol. The van der Waals surface area contributed by atoms with Crippen molar-refractivity contribution in [1.29, 1.82) is 0 Å². The van der Waals surface area contributed by atoms with Gasteiger partial charge in [-0.1, -0.05) is 6.42 Å². The van der Waals surface area contributed by atoms with Gasteiger partial charge in [0.05, 0.1) is 10.6 Å². The Morgan fingerprint density at radius 2 is 2.00 bits per heavy atom. The van der Waals surface area contributed by atoms with Crippen LogP contribution in [0.4, 0.5) is 11.4 Å². The van der Waals surface area contributed by atoms with Crippen molar-refractivity contribution in [3.8, 4) is 0 Å². The summed E-state index contributed by atoms with van der Waals surface area (Å²) in [5.41, 5.74) is 0.833. The molecular weight excluding hydrogens is 408 g/mol. The van der Waals surface area contributed by atoms with Crippen LogP contribution in [-0.2, 0) is 9.53 Å². The van der Waals surface area contributed by atoms with Crippen molar-refractivity contribution in [2.24, 2.45) is 0 Å². The van der Waals surface area contributed by atoms with Gasteiger partial charge in [-0.3, -0.25) is 14.9 Å². The van der Waals surface area contributed by atoms with Crippen molar-refractivity contribution in [2.75, 3.05) is 23.4 Å². The summed E-state index contributed by atoms with van der Waals surface area (Å²) in [6, 6.07) is 2.91. The van der Waals surface area contributed by atoms with Gasteiger partial charge in [0.2, 0.25) is 5.52 Å². The highest BCUT2D eigenvalue weighted by atomic mass is 32.1. The first-order valence-corrected chi connectivity index (χ1v) is 9.97. The number of hydrogen-bond acceptors (Lipinski definition) is 11. The number of aromatic nitrogens is 2. The molecule has 28 heavy (non-hydrogen) atoms. The molecule has 0 aliphatic carbocycles. The van der Waals surface area contributed by atoms with E-state index in [0.717, 1.165) is 12.8 Å². The lowest BCUT2D eigenvalue weighted by Crippen LogP contribution is -2.34. The molecule has 1 aromatic heterocycles. The van der Waals surface area contributed by atoms with Crippen LogP contribution in [0.2, 0.25) is 0 Å². The number of carbonyl (C=O) groups is 1. The van der Waals surface area contributed by atoms with E-state index in [1.54, 1.807) is 6.07 Å². The van der Waals surface area contributed by atoms with Crippen molar-refractivity contribution >= 4 is 53.6 Å². The molecule has 2 unspecified atom stereocenters. The molecule has 0 radical (unpaired) electrons. The fraction of sp³-hybridized carbons (Fsp3) is 0.562. The van der Waals surface area contributed by atoms with Gasteiger partial charge in [-0.05, 0) is 29.2 Å². The summed E-state index contributed by atoms with van der Waals surface area (Å²) in [4.78, 5) is 22.2. The summed E-state index contributed by atoms with van der Waals surface area (Å²) >= 11 is 8.03. The summed E-state index contributed by atoms with van der Waals surface area (Å²) in [7, 11) is 0. The van der Waals surface area contributed by atoms with Gasteiger partial charge in [0, 0.05) is 30.5 Å². The van der Waals surface area contributed by atoms with Crippen LogP contribution >= 0.6 is 25.3 Å². The minimum Gasteiger partial charge on any atom is -0.459 e. The second kappa shape index (κ2) is 11.1. The topological polar surface area (TPSA) is 141 Å². The fourth-order valence-electron chi connectivity index (χ4n) is 2.52. The van der Waals surface area contributed by atoms with Crippen molar-refractivity contribution < 1.29 is 24.2 Å². The molecule has 0 saturated carbocycles. The first-order chi connectivity index (χ1) is 13.5. The highest BCUT2D eigenvalue weighted by Crippen LogP contribution is 2.28. The van der Waals surface area contributed by atoms with Gasteiger partial charge in [0.25, 0.3) is 0 Å². The van der Waals surface area contributed by atoms with E-state index in [1.165, 1.54) is 6.07 Å². The van der Waals surface area contributed by atoms with Crippen LogP contribution in [0, 0.1) is 10.1 Å². The Balaban J connectivity index is 1.72. The molecule has 0 amide bonds. The molecule has 0 aliphatic heterocycles. The minimum absolute atomic E-state index is 0.0971. The number of thiol groups is 2. The van der Waals surface area contributed by atoms with E-state index in [1.807, 2.05) is 0 Å². The summed E-state index contributed by atoms with van der Waals surface area (Å²) in [5, 5.41) is 31.1. The molecule has 12 heteroatoms.